The van der Waals surface area contributed by atoms with Crippen LogP contribution in [0, 0.1) is 11.3 Å². The van der Waals surface area contributed by atoms with Crippen molar-refractivity contribution in [3.05, 3.63) is 82.0 Å². The summed E-state index contributed by atoms with van der Waals surface area (Å²) >= 11 is 3.32. The molecule has 0 fully saturated rings. The molecule has 5 nitrogen and oxygen atoms in total. The molecule has 0 bridgehead atoms. The highest BCUT2D eigenvalue weighted by molar-refractivity contribution is 9.10. The van der Waals surface area contributed by atoms with Gasteiger partial charge in [0.15, 0.2) is 0 Å². The van der Waals surface area contributed by atoms with Crippen LogP contribution < -0.4 is 5.43 Å². The molecule has 0 unspecified atom stereocenters. The molecule has 0 aliphatic carbocycles. The van der Waals surface area contributed by atoms with Gasteiger partial charge in [-0.15, -0.1) is 0 Å². The maximum atomic E-state index is 11.9. The minimum absolute atomic E-state index is 0.314. The fraction of sp³-hybridized carbons (Fsp3) is 0. The molecule has 0 saturated heterocycles. The Morgan fingerprint density at radius 1 is 1.12 bits per heavy atom. The zero-order valence-electron chi connectivity index (χ0n) is 12.9. The van der Waals surface area contributed by atoms with Gasteiger partial charge in [-0.3, -0.25) is 4.79 Å². The molecule has 2 aromatic carbocycles. The first-order chi connectivity index (χ1) is 12.2. The molecule has 3 rings (SSSR count). The molecule has 0 aliphatic rings. The van der Waals surface area contributed by atoms with E-state index in [-0.39, 0.29) is 5.91 Å². The minimum Gasteiger partial charge on any atom is -0.455 e. The first kappa shape index (κ1) is 16.7. The highest BCUT2D eigenvalue weighted by Crippen LogP contribution is 2.24. The van der Waals surface area contributed by atoms with Gasteiger partial charge in [-0.1, -0.05) is 28.1 Å². The molecule has 1 amide bonds. The summed E-state index contributed by atoms with van der Waals surface area (Å²) in [6.45, 7) is 0. The second-order valence-electron chi connectivity index (χ2n) is 5.07. The zero-order chi connectivity index (χ0) is 17.6. The summed E-state index contributed by atoms with van der Waals surface area (Å²) in [5, 5.41) is 13.0. The lowest BCUT2D eigenvalue weighted by molar-refractivity contribution is 0.0955. The minimum atomic E-state index is -0.314. The number of benzene rings is 2. The van der Waals surface area contributed by atoms with E-state index in [9.17, 15) is 4.79 Å². The van der Waals surface area contributed by atoms with Crippen LogP contribution in [0.4, 0.5) is 0 Å². The zero-order valence-corrected chi connectivity index (χ0v) is 14.5. The van der Waals surface area contributed by atoms with Gasteiger partial charge < -0.3 is 4.42 Å². The van der Waals surface area contributed by atoms with Gasteiger partial charge in [-0.25, -0.2) is 5.43 Å². The van der Waals surface area contributed by atoms with Crippen molar-refractivity contribution in [1.82, 2.24) is 5.43 Å². The third kappa shape index (κ3) is 4.03. The summed E-state index contributed by atoms with van der Waals surface area (Å²) < 4.78 is 6.55. The van der Waals surface area contributed by atoms with Gasteiger partial charge in [0.25, 0.3) is 5.91 Å². The monoisotopic (exact) mass is 393 g/mol. The van der Waals surface area contributed by atoms with Gasteiger partial charge >= 0.3 is 0 Å². The van der Waals surface area contributed by atoms with Crippen molar-refractivity contribution in [2.45, 2.75) is 0 Å². The van der Waals surface area contributed by atoms with Crippen molar-refractivity contribution in [2.75, 3.05) is 0 Å². The normalized spacial score (nSPS) is 10.6. The summed E-state index contributed by atoms with van der Waals surface area (Å²) in [7, 11) is 0. The number of nitrogens with one attached hydrogen (secondary N) is 1. The fourth-order valence-electron chi connectivity index (χ4n) is 2.18. The van der Waals surface area contributed by atoms with Gasteiger partial charge in [-0.2, -0.15) is 10.4 Å². The number of amides is 1. The average molecular weight is 394 g/mol. The Morgan fingerprint density at radius 2 is 1.88 bits per heavy atom. The van der Waals surface area contributed by atoms with E-state index in [1.807, 2.05) is 12.1 Å². The number of nitrogens with zero attached hydrogens (tertiary/aromatic N) is 2. The summed E-state index contributed by atoms with van der Waals surface area (Å²) in [5.41, 5.74) is 4.19. The van der Waals surface area contributed by atoms with Crippen molar-refractivity contribution >= 4 is 28.1 Å². The molecule has 0 spiro atoms. The quantitative estimate of drug-likeness (QED) is 0.528. The van der Waals surface area contributed by atoms with Crippen molar-refractivity contribution in [3.63, 3.8) is 0 Å². The lowest BCUT2D eigenvalue weighted by Crippen LogP contribution is -2.17. The van der Waals surface area contributed by atoms with E-state index in [1.165, 1.54) is 6.21 Å². The predicted octanol–water partition coefficient (Wildman–Crippen LogP) is 4.34. The molecule has 1 heterocycles. The maximum absolute atomic E-state index is 11.9. The number of rotatable bonds is 4. The molecule has 6 heteroatoms. The Hall–Kier alpha value is -3.17. The van der Waals surface area contributed by atoms with Crippen LogP contribution in [0.2, 0.25) is 0 Å². The topological polar surface area (TPSA) is 78.4 Å². The molecule has 0 aliphatic heterocycles. The summed E-state index contributed by atoms with van der Waals surface area (Å²) in [6.07, 6.45) is 1.41. The van der Waals surface area contributed by atoms with Crippen LogP contribution in [-0.4, -0.2) is 12.1 Å². The van der Waals surface area contributed by atoms with Gasteiger partial charge in [0.2, 0.25) is 0 Å². The third-order valence-corrected chi connectivity index (χ3v) is 3.93. The largest absolute Gasteiger partial charge is 0.455 e. The summed E-state index contributed by atoms with van der Waals surface area (Å²) in [4.78, 5) is 11.9. The van der Waals surface area contributed by atoms with Gasteiger partial charge in [0.05, 0.1) is 17.8 Å². The molecular weight excluding hydrogens is 382 g/mol. The Balaban J connectivity index is 1.69. The van der Waals surface area contributed by atoms with Crippen LogP contribution in [0.25, 0.3) is 11.3 Å². The fourth-order valence-corrected chi connectivity index (χ4v) is 2.45. The lowest BCUT2D eigenvalue weighted by atomic mass is 10.1. The summed E-state index contributed by atoms with van der Waals surface area (Å²) in [5.74, 6) is 0.724. The smallest absolute Gasteiger partial charge is 0.271 e. The Kier molecular flexibility index (Phi) is 5.07. The number of hydrazone groups is 1. The maximum Gasteiger partial charge on any atom is 0.271 e. The number of halogens is 1. The lowest BCUT2D eigenvalue weighted by Gasteiger charge is -1.99. The number of carbonyl (C=O) groups excluding carboxylic acids is 1. The van der Waals surface area contributed by atoms with E-state index in [0.717, 1.165) is 4.47 Å². The molecule has 0 radical (unpaired) electrons. The van der Waals surface area contributed by atoms with E-state index in [0.29, 0.717) is 28.2 Å². The van der Waals surface area contributed by atoms with Crippen molar-refractivity contribution in [2.24, 2.45) is 5.10 Å². The predicted molar refractivity (Wildman–Crippen MR) is 98.1 cm³/mol. The number of hydrogen-bond acceptors (Lipinski definition) is 4. The van der Waals surface area contributed by atoms with Crippen LogP contribution >= 0.6 is 15.9 Å². The Labute approximate surface area is 152 Å². The molecule has 1 aromatic heterocycles. The Bertz CT molecular complexity index is 969. The van der Waals surface area contributed by atoms with Gasteiger partial charge in [-0.05, 0) is 48.5 Å². The van der Waals surface area contributed by atoms with Gasteiger partial charge in [0, 0.05) is 15.6 Å². The third-order valence-electron chi connectivity index (χ3n) is 3.40. The van der Waals surface area contributed by atoms with E-state index in [2.05, 4.69) is 32.5 Å². The molecule has 1 N–H and O–H groups in total. The highest BCUT2D eigenvalue weighted by atomic mass is 79.9. The van der Waals surface area contributed by atoms with Crippen LogP contribution in [-0.2, 0) is 0 Å². The SMILES string of the molecule is N#Cc1ccccc1-c1ccc(C=NNC(=O)c2ccc(Br)cc2)o1. The van der Waals surface area contributed by atoms with Gasteiger partial charge in [0.1, 0.15) is 11.5 Å². The first-order valence-electron chi connectivity index (χ1n) is 7.35. The van der Waals surface area contributed by atoms with Crippen LogP contribution in [0.3, 0.4) is 0 Å². The number of furan rings is 1. The van der Waals surface area contributed by atoms with E-state index in [4.69, 9.17) is 9.68 Å². The summed E-state index contributed by atoms with van der Waals surface area (Å²) in [6, 6.07) is 19.7. The standard InChI is InChI=1S/C19H12BrN3O2/c20-15-7-5-13(6-8-15)19(24)23-22-12-16-9-10-18(25-16)17-4-2-1-3-14(17)11-21/h1-10,12H,(H,23,24). The van der Waals surface area contributed by atoms with Crippen molar-refractivity contribution in [3.8, 4) is 17.4 Å². The molecular formula is C19H12BrN3O2. The number of carbonyl (C=O) groups is 1. The van der Waals surface area contributed by atoms with E-state index < -0.39 is 0 Å². The van der Waals surface area contributed by atoms with Crippen LogP contribution in [0.15, 0.2) is 74.7 Å². The first-order valence-corrected chi connectivity index (χ1v) is 8.15. The number of hydrogen-bond donors (Lipinski definition) is 1. The Morgan fingerprint density at radius 3 is 2.64 bits per heavy atom. The average Bonchev–Trinajstić information content (AvgIpc) is 3.11. The molecule has 3 aromatic rings. The van der Waals surface area contributed by atoms with Crippen molar-refractivity contribution in [1.29, 1.82) is 5.26 Å². The molecule has 0 saturated carbocycles. The number of nitriles is 1. The molecule has 0 atom stereocenters. The van der Waals surface area contributed by atoms with Crippen molar-refractivity contribution < 1.29 is 9.21 Å². The van der Waals surface area contributed by atoms with E-state index >= 15 is 0 Å². The van der Waals surface area contributed by atoms with Crippen LogP contribution in [0.5, 0.6) is 0 Å². The highest BCUT2D eigenvalue weighted by Gasteiger charge is 2.08. The second kappa shape index (κ2) is 7.60. The van der Waals surface area contributed by atoms with E-state index in [1.54, 1.807) is 48.5 Å². The van der Waals surface area contributed by atoms with Crippen LogP contribution in [0.1, 0.15) is 21.7 Å². The second-order valence-corrected chi connectivity index (χ2v) is 5.98. The molecule has 122 valence electrons. The molecule has 25 heavy (non-hydrogen) atoms.